The highest BCUT2D eigenvalue weighted by Crippen LogP contribution is 2.29. The van der Waals surface area contributed by atoms with E-state index in [1.165, 1.54) is 0 Å². The lowest BCUT2D eigenvalue weighted by Crippen LogP contribution is -2.45. The molecule has 0 heterocycles. The zero-order valence-corrected chi connectivity index (χ0v) is 13.2. The first-order valence-corrected chi connectivity index (χ1v) is 6.98. The van der Waals surface area contributed by atoms with Gasteiger partial charge in [0.15, 0.2) is 0 Å². The lowest BCUT2D eigenvalue weighted by Gasteiger charge is -2.29. The number of amides is 1. The molecule has 1 aromatic carbocycles. The summed E-state index contributed by atoms with van der Waals surface area (Å²) < 4.78 is 0. The third-order valence-corrected chi connectivity index (χ3v) is 3.91. The Morgan fingerprint density at radius 3 is 2.32 bits per heavy atom. The number of benzene rings is 1. The summed E-state index contributed by atoms with van der Waals surface area (Å²) in [5.74, 6) is 0.0105. The van der Waals surface area contributed by atoms with Gasteiger partial charge in [-0.25, -0.2) is 0 Å². The quantitative estimate of drug-likeness (QED) is 0.925. The van der Waals surface area contributed by atoms with Crippen LogP contribution >= 0.6 is 23.2 Å². The first-order chi connectivity index (χ1) is 8.75. The molecule has 0 radical (unpaired) electrons. The molecule has 0 aliphatic carbocycles. The second kappa shape index (κ2) is 6.60. The van der Waals surface area contributed by atoms with Crippen LogP contribution in [0.1, 0.15) is 32.4 Å². The number of nitrogens with two attached hydrogens (primary N) is 1. The molecule has 0 saturated carbocycles. The lowest BCUT2D eigenvalue weighted by molar-refractivity contribution is -0.134. The first-order valence-electron chi connectivity index (χ1n) is 6.23. The summed E-state index contributed by atoms with van der Waals surface area (Å²) in [6.07, 6.45) is 0. The van der Waals surface area contributed by atoms with Crippen molar-refractivity contribution in [1.82, 2.24) is 4.90 Å². The SMILES string of the molecule is CC(C)[C@H](N)C(=O)N(C)C(C)c1ccc(Cl)cc1Cl. The Kier molecular flexibility index (Phi) is 5.65. The van der Waals surface area contributed by atoms with Crippen LogP contribution in [0.5, 0.6) is 0 Å². The Morgan fingerprint density at radius 2 is 1.84 bits per heavy atom. The number of carbonyl (C=O) groups excluding carboxylic acids is 1. The van der Waals surface area contributed by atoms with Crippen LogP contribution in [-0.4, -0.2) is 23.9 Å². The lowest BCUT2D eigenvalue weighted by atomic mass is 10.0. The van der Waals surface area contributed by atoms with Gasteiger partial charge in [-0.15, -0.1) is 0 Å². The van der Waals surface area contributed by atoms with Gasteiger partial charge in [0, 0.05) is 17.1 Å². The van der Waals surface area contributed by atoms with Crippen molar-refractivity contribution >= 4 is 29.1 Å². The highest BCUT2D eigenvalue weighted by Gasteiger charge is 2.25. The fourth-order valence-electron chi connectivity index (χ4n) is 1.76. The molecule has 0 spiro atoms. The van der Waals surface area contributed by atoms with Gasteiger partial charge in [-0.2, -0.15) is 0 Å². The molecule has 1 aromatic rings. The predicted octanol–water partition coefficient (Wildman–Crippen LogP) is 3.50. The number of nitrogens with zero attached hydrogens (tertiary/aromatic N) is 1. The van der Waals surface area contributed by atoms with Gasteiger partial charge < -0.3 is 10.6 Å². The Hall–Kier alpha value is -0.770. The molecule has 0 aliphatic heterocycles. The van der Waals surface area contributed by atoms with Gasteiger partial charge in [-0.3, -0.25) is 4.79 Å². The van der Waals surface area contributed by atoms with E-state index in [0.29, 0.717) is 10.0 Å². The van der Waals surface area contributed by atoms with E-state index in [0.717, 1.165) is 5.56 Å². The van der Waals surface area contributed by atoms with Crippen LogP contribution in [0.15, 0.2) is 18.2 Å². The number of halogens is 2. The highest BCUT2D eigenvalue weighted by atomic mass is 35.5. The van der Waals surface area contributed by atoms with E-state index >= 15 is 0 Å². The van der Waals surface area contributed by atoms with Crippen LogP contribution in [0.4, 0.5) is 0 Å². The topological polar surface area (TPSA) is 46.3 Å². The monoisotopic (exact) mass is 302 g/mol. The van der Waals surface area contributed by atoms with Crippen LogP contribution in [0.3, 0.4) is 0 Å². The maximum atomic E-state index is 12.2. The maximum Gasteiger partial charge on any atom is 0.239 e. The second-order valence-corrected chi connectivity index (χ2v) is 5.90. The number of rotatable bonds is 4. The zero-order valence-electron chi connectivity index (χ0n) is 11.7. The average molecular weight is 303 g/mol. The molecule has 5 heteroatoms. The summed E-state index contributed by atoms with van der Waals surface area (Å²) in [7, 11) is 1.74. The molecule has 2 atom stereocenters. The maximum absolute atomic E-state index is 12.2. The Labute approximate surface area is 124 Å². The molecular formula is C14H20Cl2N2O. The first kappa shape index (κ1) is 16.3. The number of hydrogen-bond donors (Lipinski definition) is 1. The average Bonchev–Trinajstić information content (AvgIpc) is 2.35. The van der Waals surface area contributed by atoms with Gasteiger partial charge in [-0.05, 0) is 30.5 Å². The molecule has 19 heavy (non-hydrogen) atoms. The van der Waals surface area contributed by atoms with Crippen LogP contribution in [-0.2, 0) is 4.79 Å². The van der Waals surface area contributed by atoms with Gasteiger partial charge in [0.1, 0.15) is 0 Å². The van der Waals surface area contributed by atoms with Gasteiger partial charge in [0.2, 0.25) is 5.91 Å². The summed E-state index contributed by atoms with van der Waals surface area (Å²) in [4.78, 5) is 13.8. The fourth-order valence-corrected chi connectivity index (χ4v) is 2.33. The van der Waals surface area contributed by atoms with Crippen molar-refractivity contribution in [3.05, 3.63) is 33.8 Å². The van der Waals surface area contributed by atoms with Crippen molar-refractivity contribution in [3.63, 3.8) is 0 Å². The van der Waals surface area contributed by atoms with Crippen molar-refractivity contribution in [2.45, 2.75) is 32.9 Å². The van der Waals surface area contributed by atoms with E-state index in [1.54, 1.807) is 24.1 Å². The molecule has 0 aromatic heterocycles. The molecule has 106 valence electrons. The number of likely N-dealkylation sites (N-methyl/N-ethyl adjacent to an activating group) is 1. The van der Waals surface area contributed by atoms with Crippen molar-refractivity contribution in [1.29, 1.82) is 0 Å². The molecule has 1 rings (SSSR count). The largest absolute Gasteiger partial charge is 0.338 e. The second-order valence-electron chi connectivity index (χ2n) is 5.06. The minimum atomic E-state index is -0.501. The summed E-state index contributed by atoms with van der Waals surface area (Å²) >= 11 is 12.0. The Balaban J connectivity index is 2.93. The van der Waals surface area contributed by atoms with E-state index in [-0.39, 0.29) is 17.9 Å². The van der Waals surface area contributed by atoms with Gasteiger partial charge in [0.05, 0.1) is 12.1 Å². The summed E-state index contributed by atoms with van der Waals surface area (Å²) in [6.45, 7) is 5.77. The molecule has 0 aliphatic rings. The van der Waals surface area contributed by atoms with Crippen LogP contribution in [0, 0.1) is 5.92 Å². The van der Waals surface area contributed by atoms with Crippen molar-refractivity contribution in [2.75, 3.05) is 7.05 Å². The minimum absolute atomic E-state index is 0.0893. The molecule has 0 bridgehead atoms. The summed E-state index contributed by atoms with van der Waals surface area (Å²) in [5, 5.41) is 1.13. The normalized spacial score (nSPS) is 14.3. The van der Waals surface area contributed by atoms with Crippen LogP contribution in [0.25, 0.3) is 0 Å². The van der Waals surface area contributed by atoms with E-state index in [9.17, 15) is 4.79 Å². The molecule has 1 unspecified atom stereocenters. The van der Waals surface area contributed by atoms with Gasteiger partial charge >= 0.3 is 0 Å². The minimum Gasteiger partial charge on any atom is -0.338 e. The third kappa shape index (κ3) is 3.85. The van der Waals surface area contributed by atoms with E-state index in [1.807, 2.05) is 26.8 Å². The van der Waals surface area contributed by atoms with Crippen molar-refractivity contribution in [3.8, 4) is 0 Å². The molecular weight excluding hydrogens is 283 g/mol. The van der Waals surface area contributed by atoms with E-state index in [2.05, 4.69) is 0 Å². The summed E-state index contributed by atoms with van der Waals surface area (Å²) in [5.41, 5.74) is 6.75. The highest BCUT2D eigenvalue weighted by molar-refractivity contribution is 6.35. The number of carbonyl (C=O) groups is 1. The van der Waals surface area contributed by atoms with E-state index in [4.69, 9.17) is 28.9 Å². The summed E-state index contributed by atoms with van der Waals surface area (Å²) in [6, 6.07) is 4.62. The Morgan fingerprint density at radius 1 is 1.26 bits per heavy atom. The molecule has 1 amide bonds. The molecule has 3 nitrogen and oxygen atoms in total. The van der Waals surface area contributed by atoms with Crippen molar-refractivity contribution < 1.29 is 4.79 Å². The predicted molar refractivity (Wildman–Crippen MR) is 80.5 cm³/mol. The standard InChI is InChI=1S/C14H20Cl2N2O/c1-8(2)13(17)14(19)18(4)9(3)11-6-5-10(15)7-12(11)16/h5-9,13H,17H2,1-4H3/t9?,13-/m0/s1. The number of hydrogen-bond acceptors (Lipinski definition) is 2. The molecule has 0 fully saturated rings. The van der Waals surface area contributed by atoms with Gasteiger partial charge in [-0.1, -0.05) is 43.1 Å². The fraction of sp³-hybridized carbons (Fsp3) is 0.500. The van der Waals surface area contributed by atoms with Gasteiger partial charge in [0.25, 0.3) is 0 Å². The Bertz CT molecular complexity index is 463. The smallest absolute Gasteiger partial charge is 0.239 e. The van der Waals surface area contributed by atoms with Crippen LogP contribution < -0.4 is 5.73 Å². The van der Waals surface area contributed by atoms with Crippen molar-refractivity contribution in [2.24, 2.45) is 11.7 Å². The molecule has 0 saturated heterocycles. The van der Waals surface area contributed by atoms with E-state index < -0.39 is 6.04 Å². The van der Waals surface area contributed by atoms with Crippen LogP contribution in [0.2, 0.25) is 10.0 Å². The zero-order chi connectivity index (χ0) is 14.7. The molecule has 2 N–H and O–H groups in total. The third-order valence-electron chi connectivity index (χ3n) is 3.34.